The number of imidazole rings is 1. The van der Waals surface area contributed by atoms with Gasteiger partial charge in [-0.1, -0.05) is 20.8 Å². The molecule has 3 heteroatoms. The predicted octanol–water partition coefficient (Wildman–Crippen LogP) is 3.40. The number of hydrogen-bond acceptors (Lipinski definition) is 2. The lowest BCUT2D eigenvalue weighted by atomic mass is 9.72. The third-order valence-corrected chi connectivity index (χ3v) is 5.09. The number of hydrogen-bond donors (Lipinski definition) is 1. The van der Waals surface area contributed by atoms with Gasteiger partial charge in [0.2, 0.25) is 0 Å². The molecule has 0 radical (unpaired) electrons. The van der Waals surface area contributed by atoms with Crippen molar-refractivity contribution in [2.24, 2.45) is 24.8 Å². The van der Waals surface area contributed by atoms with E-state index in [2.05, 4.69) is 48.9 Å². The maximum Gasteiger partial charge on any atom is 0.108 e. The Morgan fingerprint density at radius 1 is 1.40 bits per heavy atom. The summed E-state index contributed by atoms with van der Waals surface area (Å²) in [6.07, 6.45) is 10.5. The van der Waals surface area contributed by atoms with E-state index >= 15 is 0 Å². The van der Waals surface area contributed by atoms with Gasteiger partial charge in [-0.15, -0.1) is 0 Å². The van der Waals surface area contributed by atoms with Crippen LogP contribution in [0.25, 0.3) is 0 Å². The monoisotopic (exact) mass is 277 g/mol. The van der Waals surface area contributed by atoms with Gasteiger partial charge in [-0.3, -0.25) is 0 Å². The fourth-order valence-corrected chi connectivity index (χ4v) is 3.71. The quantitative estimate of drug-likeness (QED) is 0.863. The zero-order chi connectivity index (χ0) is 14.5. The molecule has 0 aromatic carbocycles. The number of nitrogens with one attached hydrogen (secondary N) is 1. The highest BCUT2D eigenvalue weighted by molar-refractivity contribution is 4.94. The Morgan fingerprint density at radius 3 is 2.80 bits per heavy atom. The molecule has 1 aliphatic rings. The van der Waals surface area contributed by atoms with Crippen LogP contribution in [0.15, 0.2) is 12.4 Å². The van der Waals surface area contributed by atoms with Crippen LogP contribution >= 0.6 is 0 Å². The average Bonchev–Trinajstić information content (AvgIpc) is 2.83. The minimum Gasteiger partial charge on any atom is -0.338 e. The summed E-state index contributed by atoms with van der Waals surface area (Å²) in [6, 6.07) is 0.718. The van der Waals surface area contributed by atoms with E-state index in [1.807, 2.05) is 6.20 Å². The second kappa shape index (κ2) is 7.26. The summed E-state index contributed by atoms with van der Waals surface area (Å²) in [5.41, 5.74) is 0. The topological polar surface area (TPSA) is 29.9 Å². The minimum atomic E-state index is 0.718. The second-order valence-electron chi connectivity index (χ2n) is 6.73. The minimum absolute atomic E-state index is 0.718. The first-order chi connectivity index (χ1) is 9.61. The van der Waals surface area contributed by atoms with E-state index in [9.17, 15) is 0 Å². The Bertz CT molecular complexity index is 397. The lowest BCUT2D eigenvalue weighted by Crippen LogP contribution is -2.41. The van der Waals surface area contributed by atoms with Crippen molar-refractivity contribution in [2.75, 3.05) is 6.54 Å². The van der Waals surface area contributed by atoms with Gasteiger partial charge in [0.05, 0.1) is 0 Å². The van der Waals surface area contributed by atoms with Crippen molar-refractivity contribution < 1.29 is 0 Å². The molecule has 114 valence electrons. The highest BCUT2D eigenvalue weighted by Crippen LogP contribution is 2.36. The molecule has 0 saturated heterocycles. The van der Waals surface area contributed by atoms with Crippen LogP contribution in [-0.4, -0.2) is 22.1 Å². The van der Waals surface area contributed by atoms with Crippen molar-refractivity contribution in [3.63, 3.8) is 0 Å². The van der Waals surface area contributed by atoms with Crippen LogP contribution in [0.3, 0.4) is 0 Å². The Kier molecular flexibility index (Phi) is 5.64. The molecule has 3 unspecified atom stereocenters. The van der Waals surface area contributed by atoms with Gasteiger partial charge in [0.25, 0.3) is 0 Å². The lowest BCUT2D eigenvalue weighted by Gasteiger charge is -2.38. The molecule has 1 fully saturated rings. The van der Waals surface area contributed by atoms with Gasteiger partial charge >= 0.3 is 0 Å². The van der Waals surface area contributed by atoms with E-state index in [-0.39, 0.29) is 0 Å². The highest BCUT2D eigenvalue weighted by atomic mass is 15.0. The van der Waals surface area contributed by atoms with E-state index in [1.54, 1.807) is 0 Å². The number of nitrogens with zero attached hydrogens (tertiary/aromatic N) is 2. The second-order valence-corrected chi connectivity index (χ2v) is 6.73. The molecule has 0 spiro atoms. The van der Waals surface area contributed by atoms with E-state index in [0.29, 0.717) is 0 Å². The Hall–Kier alpha value is -0.830. The van der Waals surface area contributed by atoms with Crippen LogP contribution in [0.2, 0.25) is 0 Å². The molecule has 1 heterocycles. The molecule has 0 bridgehead atoms. The number of aromatic nitrogens is 2. The van der Waals surface area contributed by atoms with Crippen LogP contribution in [0.1, 0.15) is 52.3 Å². The maximum atomic E-state index is 4.47. The van der Waals surface area contributed by atoms with E-state index < -0.39 is 0 Å². The number of rotatable bonds is 6. The lowest BCUT2D eigenvalue weighted by molar-refractivity contribution is 0.161. The van der Waals surface area contributed by atoms with Gasteiger partial charge in [0.1, 0.15) is 5.82 Å². The summed E-state index contributed by atoms with van der Waals surface area (Å²) in [6.45, 7) is 8.09. The van der Waals surface area contributed by atoms with Crippen molar-refractivity contribution in [1.82, 2.24) is 14.9 Å². The van der Waals surface area contributed by atoms with Crippen LogP contribution in [0.5, 0.6) is 0 Å². The Labute approximate surface area is 124 Å². The van der Waals surface area contributed by atoms with Gasteiger partial charge in [-0.25, -0.2) is 4.98 Å². The van der Waals surface area contributed by atoms with Crippen LogP contribution < -0.4 is 5.32 Å². The van der Waals surface area contributed by atoms with Crippen molar-refractivity contribution >= 4 is 0 Å². The zero-order valence-corrected chi connectivity index (χ0v) is 13.6. The average molecular weight is 277 g/mol. The number of aryl methyl sites for hydroxylation is 2. The molecule has 3 nitrogen and oxygen atoms in total. The van der Waals surface area contributed by atoms with Crippen molar-refractivity contribution in [2.45, 2.75) is 58.9 Å². The van der Waals surface area contributed by atoms with Crippen LogP contribution in [0.4, 0.5) is 0 Å². The largest absolute Gasteiger partial charge is 0.338 e. The van der Waals surface area contributed by atoms with Crippen molar-refractivity contribution in [3.8, 4) is 0 Å². The van der Waals surface area contributed by atoms with Gasteiger partial charge in [0, 0.05) is 31.9 Å². The summed E-state index contributed by atoms with van der Waals surface area (Å²) in [5.74, 6) is 3.78. The fraction of sp³-hybridized carbons (Fsp3) is 0.824. The highest BCUT2D eigenvalue weighted by Gasteiger charge is 2.31. The molecular formula is C17H31N3. The summed E-state index contributed by atoms with van der Waals surface area (Å²) in [4.78, 5) is 4.47. The van der Waals surface area contributed by atoms with Gasteiger partial charge < -0.3 is 9.88 Å². The van der Waals surface area contributed by atoms with E-state index in [4.69, 9.17) is 0 Å². The standard InChI is InChI=1S/C17H31N3/c1-5-18-16-8-6-14(13(2)3)12-15(16)7-9-17-19-10-11-20(17)4/h10-11,13-16,18H,5-9,12H2,1-4H3. The molecule has 1 aromatic heterocycles. The molecule has 1 N–H and O–H groups in total. The SMILES string of the molecule is CCNC1CCC(C(C)C)CC1CCc1nccn1C. The van der Waals surface area contributed by atoms with Crippen LogP contribution in [0, 0.1) is 17.8 Å². The molecule has 2 rings (SSSR count). The molecule has 1 aromatic rings. The third-order valence-electron chi connectivity index (χ3n) is 5.09. The molecule has 0 amide bonds. The molecule has 3 atom stereocenters. The summed E-state index contributed by atoms with van der Waals surface area (Å²) >= 11 is 0. The smallest absolute Gasteiger partial charge is 0.108 e. The summed E-state index contributed by atoms with van der Waals surface area (Å²) in [5, 5.41) is 3.71. The Morgan fingerprint density at radius 2 is 2.20 bits per heavy atom. The van der Waals surface area contributed by atoms with E-state index in [1.165, 1.54) is 31.5 Å². The summed E-state index contributed by atoms with van der Waals surface area (Å²) in [7, 11) is 2.10. The van der Waals surface area contributed by atoms with Gasteiger partial charge in [-0.2, -0.15) is 0 Å². The van der Waals surface area contributed by atoms with Crippen molar-refractivity contribution in [1.29, 1.82) is 0 Å². The first-order valence-corrected chi connectivity index (χ1v) is 8.31. The third kappa shape index (κ3) is 3.85. The fourth-order valence-electron chi connectivity index (χ4n) is 3.71. The molecule has 1 aliphatic carbocycles. The summed E-state index contributed by atoms with van der Waals surface area (Å²) < 4.78 is 2.16. The van der Waals surface area contributed by atoms with E-state index in [0.717, 1.165) is 36.8 Å². The molecular weight excluding hydrogens is 246 g/mol. The first-order valence-electron chi connectivity index (χ1n) is 8.31. The van der Waals surface area contributed by atoms with Crippen LogP contribution in [-0.2, 0) is 13.5 Å². The molecule has 0 aliphatic heterocycles. The first kappa shape index (κ1) is 15.6. The zero-order valence-electron chi connectivity index (χ0n) is 13.6. The molecule has 1 saturated carbocycles. The predicted molar refractivity (Wildman–Crippen MR) is 84.7 cm³/mol. The normalized spacial score (nSPS) is 27.1. The van der Waals surface area contributed by atoms with Gasteiger partial charge in [0.15, 0.2) is 0 Å². The molecule has 20 heavy (non-hydrogen) atoms. The van der Waals surface area contributed by atoms with Crippen molar-refractivity contribution in [3.05, 3.63) is 18.2 Å². The Balaban J connectivity index is 1.94. The maximum absolute atomic E-state index is 4.47. The van der Waals surface area contributed by atoms with Gasteiger partial charge in [-0.05, 0) is 50.0 Å².